The Hall–Kier alpha value is -3.85. The lowest BCUT2D eigenvalue weighted by atomic mass is 9.74. The van der Waals surface area contributed by atoms with Crippen LogP contribution in [-0.2, 0) is 18.4 Å². The molecule has 0 aromatic heterocycles. The third-order valence-corrected chi connectivity index (χ3v) is 8.23. The molecule has 0 radical (unpaired) electrons. The van der Waals surface area contributed by atoms with E-state index >= 15 is 0 Å². The summed E-state index contributed by atoms with van der Waals surface area (Å²) in [5.41, 5.74) is 9.54. The first-order valence-corrected chi connectivity index (χ1v) is 13.3. The summed E-state index contributed by atoms with van der Waals surface area (Å²) in [6, 6.07) is 34.5. The first-order chi connectivity index (χ1) is 17.9. The van der Waals surface area contributed by atoms with Gasteiger partial charge < -0.3 is 9.80 Å². The second kappa shape index (κ2) is 9.23. The van der Waals surface area contributed by atoms with E-state index in [9.17, 15) is 4.79 Å². The zero-order valence-corrected chi connectivity index (χ0v) is 21.9. The van der Waals surface area contributed by atoms with E-state index in [1.54, 1.807) is 0 Å². The van der Waals surface area contributed by atoms with Gasteiger partial charge in [-0.3, -0.25) is 4.79 Å². The normalized spacial score (nSPS) is 20.1. The van der Waals surface area contributed by atoms with Crippen molar-refractivity contribution in [1.29, 1.82) is 0 Å². The molecule has 1 saturated heterocycles. The van der Waals surface area contributed by atoms with Crippen molar-refractivity contribution in [3.8, 4) is 0 Å². The molecule has 2 aliphatic rings. The van der Waals surface area contributed by atoms with Crippen molar-refractivity contribution in [3.05, 3.63) is 136 Å². The van der Waals surface area contributed by atoms with Crippen LogP contribution in [0.1, 0.15) is 50.2 Å². The summed E-state index contributed by atoms with van der Waals surface area (Å²) in [5, 5.41) is 0. The summed E-state index contributed by atoms with van der Waals surface area (Å²) in [5.74, 6) is 0.123. The van der Waals surface area contributed by atoms with Crippen LogP contribution in [0, 0.1) is 20.8 Å². The van der Waals surface area contributed by atoms with Crippen molar-refractivity contribution >= 4 is 11.6 Å². The average molecular weight is 487 g/mol. The number of nitrogens with zero attached hydrogens (tertiary/aromatic N) is 2. The zero-order chi connectivity index (χ0) is 25.6. The summed E-state index contributed by atoms with van der Waals surface area (Å²) < 4.78 is 0. The summed E-state index contributed by atoms with van der Waals surface area (Å²) in [7, 11) is 0. The van der Waals surface area contributed by atoms with Gasteiger partial charge in [-0.15, -0.1) is 0 Å². The lowest BCUT2D eigenvalue weighted by Gasteiger charge is -2.39. The minimum Gasteiger partial charge on any atom is -0.346 e. The molecular weight excluding hydrogens is 452 g/mol. The molecule has 186 valence electrons. The Kier molecular flexibility index (Phi) is 5.87. The van der Waals surface area contributed by atoms with Gasteiger partial charge in [-0.05, 0) is 68.5 Å². The van der Waals surface area contributed by atoms with Crippen LogP contribution < -0.4 is 4.90 Å². The molecule has 1 amide bonds. The number of amides is 1. The van der Waals surface area contributed by atoms with E-state index in [1.807, 2.05) is 24.3 Å². The van der Waals surface area contributed by atoms with E-state index in [0.717, 1.165) is 31.5 Å². The largest absolute Gasteiger partial charge is 0.346 e. The molecule has 0 aliphatic carbocycles. The monoisotopic (exact) mass is 486 g/mol. The van der Waals surface area contributed by atoms with Crippen LogP contribution in [0.5, 0.6) is 0 Å². The Balaban J connectivity index is 1.48. The molecule has 2 unspecified atom stereocenters. The fourth-order valence-electron chi connectivity index (χ4n) is 6.60. The van der Waals surface area contributed by atoms with Crippen molar-refractivity contribution in [2.24, 2.45) is 0 Å². The highest BCUT2D eigenvalue weighted by molar-refractivity contribution is 5.95. The molecule has 0 bridgehead atoms. The number of likely N-dealkylation sites (tertiary alicyclic amines) is 1. The Bertz CT molecular complexity index is 1460. The van der Waals surface area contributed by atoms with Crippen LogP contribution in [0.3, 0.4) is 0 Å². The number of para-hydroxylation sites is 1. The van der Waals surface area contributed by atoms with Crippen LogP contribution >= 0.6 is 0 Å². The lowest BCUT2D eigenvalue weighted by Crippen LogP contribution is -2.52. The van der Waals surface area contributed by atoms with Gasteiger partial charge in [-0.1, -0.05) is 95.6 Å². The first kappa shape index (κ1) is 23.5. The highest BCUT2D eigenvalue weighted by Crippen LogP contribution is 2.54. The predicted octanol–water partition coefficient (Wildman–Crippen LogP) is 6.98. The number of carbonyl (C=O) groups excluding carboxylic acids is 1. The van der Waals surface area contributed by atoms with Gasteiger partial charge in [0.2, 0.25) is 0 Å². The van der Waals surface area contributed by atoms with Gasteiger partial charge in [-0.2, -0.15) is 0 Å². The van der Waals surface area contributed by atoms with Crippen molar-refractivity contribution in [1.82, 2.24) is 4.90 Å². The maximum absolute atomic E-state index is 14.1. The second-order valence-corrected chi connectivity index (χ2v) is 10.9. The Labute approximate surface area is 220 Å². The van der Waals surface area contributed by atoms with Gasteiger partial charge in [0, 0.05) is 29.8 Å². The number of hydrogen-bond acceptors (Lipinski definition) is 2. The maximum Gasteiger partial charge on any atom is 0.255 e. The molecular formula is C34H34N2O. The minimum absolute atomic E-state index is 0.0419. The number of benzene rings is 4. The van der Waals surface area contributed by atoms with Crippen molar-refractivity contribution < 1.29 is 4.79 Å². The van der Waals surface area contributed by atoms with Gasteiger partial charge >= 0.3 is 0 Å². The second-order valence-electron chi connectivity index (χ2n) is 10.9. The third kappa shape index (κ3) is 4.13. The molecule has 6 rings (SSSR count). The van der Waals surface area contributed by atoms with Gasteiger partial charge in [0.15, 0.2) is 0 Å². The van der Waals surface area contributed by atoms with Crippen molar-refractivity contribution in [3.63, 3.8) is 0 Å². The fourth-order valence-corrected chi connectivity index (χ4v) is 6.60. The van der Waals surface area contributed by atoms with Crippen LogP contribution in [0.4, 0.5) is 5.69 Å². The molecule has 0 saturated carbocycles. The molecule has 4 aromatic rings. The highest BCUT2D eigenvalue weighted by atomic mass is 16.2. The SMILES string of the molecule is Cc1ccc(C(=O)N2CCC3(Cc4cccc(C)c4)c4ccccc4N(Cc4cccc(C)c4)C23)cc1. The summed E-state index contributed by atoms with van der Waals surface area (Å²) in [6.45, 7) is 7.89. The summed E-state index contributed by atoms with van der Waals surface area (Å²) in [4.78, 5) is 18.7. The Morgan fingerprint density at radius 1 is 0.784 bits per heavy atom. The van der Waals surface area contributed by atoms with Gasteiger partial charge in [0.05, 0.1) is 0 Å². The van der Waals surface area contributed by atoms with Crippen LogP contribution in [0.2, 0.25) is 0 Å². The molecule has 2 atom stereocenters. The first-order valence-electron chi connectivity index (χ1n) is 13.3. The van der Waals surface area contributed by atoms with E-state index < -0.39 is 0 Å². The molecule has 0 spiro atoms. The predicted molar refractivity (Wildman–Crippen MR) is 151 cm³/mol. The fraction of sp³-hybridized carbons (Fsp3) is 0.265. The molecule has 2 aliphatic heterocycles. The van der Waals surface area contributed by atoms with Crippen molar-refractivity contribution in [2.45, 2.75) is 51.7 Å². The minimum atomic E-state index is -0.158. The van der Waals surface area contributed by atoms with Gasteiger partial charge in [-0.25, -0.2) is 0 Å². The van der Waals surface area contributed by atoms with E-state index in [0.29, 0.717) is 0 Å². The van der Waals surface area contributed by atoms with Gasteiger partial charge in [0.1, 0.15) is 6.17 Å². The molecule has 3 heteroatoms. The van der Waals surface area contributed by atoms with E-state index in [4.69, 9.17) is 0 Å². The van der Waals surface area contributed by atoms with E-state index in [2.05, 4.69) is 103 Å². The molecule has 2 heterocycles. The van der Waals surface area contributed by atoms with Crippen LogP contribution in [-0.4, -0.2) is 23.5 Å². The quantitative estimate of drug-likeness (QED) is 0.304. The average Bonchev–Trinajstić information content (AvgIpc) is 3.38. The Morgan fingerprint density at radius 2 is 1.46 bits per heavy atom. The third-order valence-electron chi connectivity index (χ3n) is 8.23. The number of rotatable bonds is 5. The Morgan fingerprint density at radius 3 is 2.19 bits per heavy atom. The maximum atomic E-state index is 14.1. The standard InChI is InChI=1S/C34H34N2O/c1-24-14-16-29(17-15-24)32(37)35-19-18-34(22-27-10-6-8-25(2)20-27)30-12-4-5-13-31(30)36(33(34)35)23-28-11-7-9-26(3)21-28/h4-17,20-21,33H,18-19,22-23H2,1-3H3. The van der Waals surface area contributed by atoms with Crippen molar-refractivity contribution in [2.75, 3.05) is 11.4 Å². The van der Waals surface area contributed by atoms with E-state index in [1.165, 1.54) is 39.1 Å². The number of fused-ring (bicyclic) bond motifs is 3. The summed E-state index contributed by atoms with van der Waals surface area (Å²) >= 11 is 0. The van der Waals surface area contributed by atoms with E-state index in [-0.39, 0.29) is 17.5 Å². The number of aryl methyl sites for hydroxylation is 3. The zero-order valence-electron chi connectivity index (χ0n) is 21.9. The molecule has 3 nitrogen and oxygen atoms in total. The summed E-state index contributed by atoms with van der Waals surface area (Å²) in [6.07, 6.45) is 1.82. The molecule has 37 heavy (non-hydrogen) atoms. The number of carbonyl (C=O) groups is 1. The topological polar surface area (TPSA) is 23.6 Å². The number of anilines is 1. The smallest absolute Gasteiger partial charge is 0.255 e. The van der Waals surface area contributed by atoms with Crippen LogP contribution in [0.15, 0.2) is 97.1 Å². The highest BCUT2D eigenvalue weighted by Gasteiger charge is 2.58. The molecule has 0 N–H and O–H groups in total. The van der Waals surface area contributed by atoms with Gasteiger partial charge in [0.25, 0.3) is 5.91 Å². The number of hydrogen-bond donors (Lipinski definition) is 0. The lowest BCUT2D eigenvalue weighted by molar-refractivity contribution is 0.0709. The van der Waals surface area contributed by atoms with Crippen LogP contribution in [0.25, 0.3) is 0 Å². The molecule has 4 aromatic carbocycles. The molecule has 1 fully saturated rings.